The molecule has 8 nitrogen and oxygen atoms in total. The molecule has 0 unspecified atom stereocenters. The third-order valence-corrected chi connectivity index (χ3v) is 7.54. The molecular weight excluding hydrogens is 469 g/mol. The smallest absolute Gasteiger partial charge is 0.278 e. The molecule has 37 heavy (non-hydrogen) atoms. The average molecular weight is 504 g/mol. The number of hydrogen-bond donors (Lipinski definition) is 2. The number of anilines is 2. The summed E-state index contributed by atoms with van der Waals surface area (Å²) in [6.45, 7) is 12.5. The summed E-state index contributed by atoms with van der Waals surface area (Å²) in [5, 5.41) is 7.08. The van der Waals surface area contributed by atoms with Gasteiger partial charge in [0.2, 0.25) is 5.95 Å². The van der Waals surface area contributed by atoms with E-state index in [1.165, 1.54) is 11.1 Å². The van der Waals surface area contributed by atoms with E-state index >= 15 is 4.39 Å². The Kier molecular flexibility index (Phi) is 6.14. The van der Waals surface area contributed by atoms with E-state index < -0.39 is 11.1 Å². The highest BCUT2D eigenvalue weighted by atomic mass is 19.1. The van der Waals surface area contributed by atoms with Crippen LogP contribution in [0, 0.1) is 0 Å². The van der Waals surface area contributed by atoms with Crippen molar-refractivity contribution in [2.45, 2.75) is 71.6 Å². The van der Waals surface area contributed by atoms with Crippen LogP contribution in [0.25, 0.3) is 16.9 Å². The van der Waals surface area contributed by atoms with Crippen molar-refractivity contribution in [1.82, 2.24) is 29.6 Å². The summed E-state index contributed by atoms with van der Waals surface area (Å²) in [5.74, 6) is 0.888. The zero-order valence-corrected chi connectivity index (χ0v) is 22.3. The summed E-state index contributed by atoms with van der Waals surface area (Å²) in [5.41, 5.74) is 1.98. The minimum absolute atomic E-state index is 0.163. The molecule has 3 aromatic heterocycles. The van der Waals surface area contributed by atoms with E-state index in [4.69, 9.17) is 9.97 Å². The van der Waals surface area contributed by atoms with Gasteiger partial charge >= 0.3 is 0 Å². The second-order valence-corrected chi connectivity index (χ2v) is 11.0. The summed E-state index contributed by atoms with van der Waals surface area (Å²) in [7, 11) is 0. The number of nitrogens with one attached hydrogen (secondary N) is 2. The fraction of sp³-hybridized carbons (Fsp3) is 0.429. The van der Waals surface area contributed by atoms with E-state index in [9.17, 15) is 4.79 Å². The first-order valence-corrected chi connectivity index (χ1v) is 12.7. The Morgan fingerprint density at radius 2 is 1.86 bits per heavy atom. The second-order valence-electron chi connectivity index (χ2n) is 11.0. The number of nitrogens with zero attached hydrogens (tertiary/aromatic N) is 5. The largest absolute Gasteiger partial charge is 0.324 e. The van der Waals surface area contributed by atoms with Crippen molar-refractivity contribution in [3.8, 4) is 5.82 Å². The highest BCUT2D eigenvalue weighted by molar-refractivity contribution is 5.77. The van der Waals surface area contributed by atoms with Crippen molar-refractivity contribution in [2.24, 2.45) is 0 Å². The van der Waals surface area contributed by atoms with Gasteiger partial charge < -0.3 is 10.6 Å². The molecular formula is C28H34FN7O. The van der Waals surface area contributed by atoms with Gasteiger partial charge in [-0.25, -0.2) is 23.7 Å². The number of hydrogen-bond acceptors (Lipinski definition) is 6. The zero-order valence-electron chi connectivity index (χ0n) is 22.3. The summed E-state index contributed by atoms with van der Waals surface area (Å²) in [4.78, 5) is 27.4. The molecule has 0 saturated carbocycles. The molecule has 4 heterocycles. The zero-order chi connectivity index (χ0) is 26.5. The second kappa shape index (κ2) is 9.06. The van der Waals surface area contributed by atoms with Crippen molar-refractivity contribution >= 4 is 22.7 Å². The van der Waals surface area contributed by atoms with Crippen molar-refractivity contribution < 1.29 is 4.39 Å². The maximum absolute atomic E-state index is 15.1. The lowest BCUT2D eigenvalue weighted by Gasteiger charge is -2.34. The van der Waals surface area contributed by atoms with Crippen LogP contribution in [0.5, 0.6) is 0 Å². The standard InChI is InChI=1S/C28H34FN7O/c1-17(2)35-25(37)21-16-31-26(32-20-11-10-19-15-30-13-12-18(19)14-20)34-24(21)36(35)23-9-7-8-22(33-23)27(3,4)28(5,6)29/h7-11,14,16-17,30H,12-13,15H2,1-6H3,(H,31,32,34). The van der Waals surface area contributed by atoms with Gasteiger partial charge in [0, 0.05) is 29.9 Å². The predicted octanol–water partition coefficient (Wildman–Crippen LogP) is 4.97. The van der Waals surface area contributed by atoms with Gasteiger partial charge in [-0.3, -0.25) is 4.79 Å². The van der Waals surface area contributed by atoms with Gasteiger partial charge in [0.25, 0.3) is 5.56 Å². The van der Waals surface area contributed by atoms with Gasteiger partial charge in [0.1, 0.15) is 11.1 Å². The first-order valence-electron chi connectivity index (χ1n) is 12.7. The van der Waals surface area contributed by atoms with Crippen molar-refractivity contribution in [2.75, 3.05) is 11.9 Å². The third-order valence-electron chi connectivity index (χ3n) is 7.54. The molecule has 1 aromatic carbocycles. The lowest BCUT2D eigenvalue weighted by Crippen LogP contribution is -2.39. The molecule has 0 radical (unpaired) electrons. The fourth-order valence-electron chi connectivity index (χ4n) is 4.62. The van der Waals surface area contributed by atoms with E-state index in [0.29, 0.717) is 28.5 Å². The van der Waals surface area contributed by atoms with Crippen molar-refractivity contribution in [3.05, 3.63) is 69.8 Å². The molecule has 1 aliphatic rings. The lowest BCUT2D eigenvalue weighted by molar-refractivity contribution is 0.111. The maximum Gasteiger partial charge on any atom is 0.278 e. The highest BCUT2D eigenvalue weighted by Crippen LogP contribution is 2.37. The van der Waals surface area contributed by atoms with Crippen LogP contribution in [0.1, 0.15) is 64.4 Å². The normalized spacial score (nSPS) is 14.3. The average Bonchev–Trinajstić information content (AvgIpc) is 3.15. The first kappa shape index (κ1) is 25.1. The molecule has 1 aliphatic heterocycles. The summed E-state index contributed by atoms with van der Waals surface area (Å²) in [6, 6.07) is 11.6. The van der Waals surface area contributed by atoms with Gasteiger partial charge in [-0.05, 0) is 76.1 Å². The SMILES string of the molecule is CC(C)n1c(=O)c2cnc(Nc3ccc4c(c3)CCNC4)nc2n1-c1cccc(C(C)(C)C(C)(C)F)n1. The molecule has 0 saturated heterocycles. The number of pyridine rings is 1. The van der Waals surface area contributed by atoms with Crippen LogP contribution in [-0.2, 0) is 18.4 Å². The van der Waals surface area contributed by atoms with Crippen molar-refractivity contribution in [3.63, 3.8) is 0 Å². The van der Waals surface area contributed by atoms with Crippen LogP contribution in [0.15, 0.2) is 47.4 Å². The molecule has 0 atom stereocenters. The van der Waals surface area contributed by atoms with Crippen LogP contribution in [-0.4, -0.2) is 36.5 Å². The quantitative estimate of drug-likeness (QED) is 0.386. The number of fused-ring (bicyclic) bond motifs is 2. The third kappa shape index (κ3) is 4.41. The van der Waals surface area contributed by atoms with Crippen LogP contribution in [0.3, 0.4) is 0 Å². The van der Waals surface area contributed by atoms with Gasteiger partial charge in [-0.2, -0.15) is 4.98 Å². The molecule has 0 aliphatic carbocycles. The van der Waals surface area contributed by atoms with Crippen molar-refractivity contribution in [1.29, 1.82) is 0 Å². The maximum atomic E-state index is 15.1. The Morgan fingerprint density at radius 3 is 2.59 bits per heavy atom. The fourth-order valence-corrected chi connectivity index (χ4v) is 4.62. The Labute approximate surface area is 216 Å². The summed E-state index contributed by atoms with van der Waals surface area (Å²) >= 11 is 0. The van der Waals surface area contributed by atoms with Crippen LogP contribution in [0.2, 0.25) is 0 Å². The molecule has 5 rings (SSSR count). The van der Waals surface area contributed by atoms with Crippen LogP contribution < -0.4 is 16.2 Å². The highest BCUT2D eigenvalue weighted by Gasteiger charge is 2.40. The monoisotopic (exact) mass is 503 g/mol. The van der Waals surface area contributed by atoms with E-state index in [0.717, 1.165) is 25.2 Å². The van der Waals surface area contributed by atoms with E-state index in [2.05, 4.69) is 27.8 Å². The molecule has 0 fully saturated rings. The minimum atomic E-state index is -1.50. The van der Waals surface area contributed by atoms with Crippen LogP contribution in [0.4, 0.5) is 16.0 Å². The number of alkyl halides is 1. The molecule has 9 heteroatoms. The Hall–Kier alpha value is -3.59. The number of benzene rings is 1. The first-order chi connectivity index (χ1) is 17.5. The molecule has 0 bridgehead atoms. The van der Waals surface area contributed by atoms with Crippen LogP contribution >= 0.6 is 0 Å². The summed E-state index contributed by atoms with van der Waals surface area (Å²) in [6.07, 6.45) is 2.53. The van der Waals surface area contributed by atoms with Gasteiger partial charge in [0.05, 0.1) is 5.69 Å². The molecule has 2 N–H and O–H groups in total. The molecule has 0 amide bonds. The topological polar surface area (TPSA) is 89.7 Å². The number of halogens is 1. The Bertz CT molecular complexity index is 1530. The van der Waals surface area contributed by atoms with Gasteiger partial charge in [0.15, 0.2) is 11.5 Å². The number of rotatable bonds is 6. The lowest BCUT2D eigenvalue weighted by atomic mass is 9.75. The van der Waals surface area contributed by atoms with E-state index in [1.54, 1.807) is 29.4 Å². The molecule has 0 spiro atoms. The number of aromatic nitrogens is 5. The minimum Gasteiger partial charge on any atom is -0.324 e. The molecule has 194 valence electrons. The van der Waals surface area contributed by atoms with E-state index in [1.807, 2.05) is 52.0 Å². The van der Waals surface area contributed by atoms with Gasteiger partial charge in [-0.15, -0.1) is 0 Å². The Balaban J connectivity index is 1.63. The van der Waals surface area contributed by atoms with Gasteiger partial charge in [-0.1, -0.05) is 26.0 Å². The van der Waals surface area contributed by atoms with E-state index in [-0.39, 0.29) is 11.6 Å². The predicted molar refractivity (Wildman–Crippen MR) is 145 cm³/mol. The summed E-state index contributed by atoms with van der Waals surface area (Å²) < 4.78 is 18.4. The molecule has 4 aromatic rings. The Morgan fingerprint density at radius 1 is 1.08 bits per heavy atom.